The molecule has 0 bridgehead atoms. The van der Waals surface area contributed by atoms with Crippen LogP contribution in [0.5, 0.6) is 0 Å². The molecule has 0 aromatic heterocycles. The number of nitrogens with zero attached hydrogens (tertiary/aromatic N) is 1. The molecule has 2 atom stereocenters. The van der Waals surface area contributed by atoms with Gasteiger partial charge in [-0.1, -0.05) is 28.1 Å². The van der Waals surface area contributed by atoms with E-state index in [0.29, 0.717) is 26.1 Å². The van der Waals surface area contributed by atoms with E-state index in [1.807, 2.05) is 24.3 Å². The predicted molar refractivity (Wildman–Crippen MR) is 96.1 cm³/mol. The number of aliphatic hydroxyl groups is 1. The maximum absolute atomic E-state index is 11.5. The standard InChI is InChI=1S/C18H26BrNO4/c1-24-11-3-2-9-18(23,14-6-4-8-16(19)12-14)15-7-5-10-20(13-15)17(21)22/h4,6,8,12,15,23H,2-3,5,7,9-11,13H2,1H3,(H,21,22)/t15?,18-/m1/s1. The number of unbranched alkanes of at least 4 members (excludes halogenated alkanes) is 1. The molecule has 1 heterocycles. The lowest BCUT2D eigenvalue weighted by atomic mass is 9.74. The van der Waals surface area contributed by atoms with Crippen LogP contribution in [0.2, 0.25) is 0 Å². The van der Waals surface area contributed by atoms with Gasteiger partial charge in [0.25, 0.3) is 0 Å². The fourth-order valence-electron chi connectivity index (χ4n) is 3.52. The summed E-state index contributed by atoms with van der Waals surface area (Å²) >= 11 is 3.47. The molecule has 1 fully saturated rings. The highest BCUT2D eigenvalue weighted by Gasteiger charge is 2.41. The van der Waals surface area contributed by atoms with Gasteiger partial charge in [-0.05, 0) is 49.8 Å². The van der Waals surface area contributed by atoms with E-state index in [1.165, 1.54) is 4.90 Å². The number of methoxy groups -OCH3 is 1. The third kappa shape index (κ3) is 4.71. The molecule has 0 radical (unpaired) electrons. The van der Waals surface area contributed by atoms with Crippen molar-refractivity contribution in [3.63, 3.8) is 0 Å². The van der Waals surface area contributed by atoms with Crippen LogP contribution >= 0.6 is 15.9 Å². The van der Waals surface area contributed by atoms with Crippen molar-refractivity contribution in [3.05, 3.63) is 34.3 Å². The maximum Gasteiger partial charge on any atom is 0.407 e. The van der Waals surface area contributed by atoms with Crippen molar-refractivity contribution in [3.8, 4) is 0 Å². The molecule has 134 valence electrons. The minimum atomic E-state index is -1.02. The second-order valence-corrected chi connectivity index (χ2v) is 7.37. The van der Waals surface area contributed by atoms with E-state index >= 15 is 0 Å². The lowest BCUT2D eigenvalue weighted by Gasteiger charge is -2.42. The molecule has 1 saturated heterocycles. The van der Waals surface area contributed by atoms with E-state index in [1.54, 1.807) is 7.11 Å². The Balaban J connectivity index is 2.22. The topological polar surface area (TPSA) is 70.0 Å². The summed E-state index contributed by atoms with van der Waals surface area (Å²) in [5.41, 5.74) is -0.169. The summed E-state index contributed by atoms with van der Waals surface area (Å²) in [6.07, 6.45) is 3.02. The van der Waals surface area contributed by atoms with Crippen molar-refractivity contribution in [2.45, 2.75) is 37.7 Å². The molecule has 2 N–H and O–H groups in total. The highest BCUT2D eigenvalue weighted by Crippen LogP contribution is 2.40. The van der Waals surface area contributed by atoms with E-state index in [4.69, 9.17) is 4.74 Å². The lowest BCUT2D eigenvalue weighted by Crippen LogP contribution is -2.47. The molecule has 1 amide bonds. The molecule has 1 aliphatic rings. The van der Waals surface area contributed by atoms with Gasteiger partial charge in [-0.15, -0.1) is 0 Å². The van der Waals surface area contributed by atoms with Gasteiger partial charge in [-0.2, -0.15) is 0 Å². The minimum Gasteiger partial charge on any atom is -0.465 e. The van der Waals surface area contributed by atoms with Gasteiger partial charge in [-0.25, -0.2) is 4.79 Å². The smallest absolute Gasteiger partial charge is 0.407 e. The number of ether oxygens (including phenoxy) is 1. The molecule has 0 saturated carbocycles. The fourth-order valence-corrected chi connectivity index (χ4v) is 3.92. The van der Waals surface area contributed by atoms with Crippen molar-refractivity contribution in [2.75, 3.05) is 26.8 Å². The Morgan fingerprint density at radius 3 is 2.92 bits per heavy atom. The normalized spacial score (nSPS) is 20.6. The van der Waals surface area contributed by atoms with Gasteiger partial charge in [-0.3, -0.25) is 0 Å². The SMILES string of the molecule is COCCCC[C@@](O)(c1cccc(Br)c1)C1CCCN(C(=O)O)C1. The van der Waals surface area contributed by atoms with Gasteiger partial charge in [0.15, 0.2) is 0 Å². The van der Waals surface area contributed by atoms with Crippen molar-refractivity contribution in [1.29, 1.82) is 0 Å². The summed E-state index contributed by atoms with van der Waals surface area (Å²) in [6.45, 7) is 1.59. The van der Waals surface area contributed by atoms with Crippen LogP contribution in [0.1, 0.15) is 37.7 Å². The second kappa shape index (κ2) is 8.83. The molecule has 1 unspecified atom stereocenters. The van der Waals surface area contributed by atoms with Gasteiger partial charge >= 0.3 is 6.09 Å². The molecule has 1 aromatic carbocycles. The number of hydrogen-bond donors (Lipinski definition) is 2. The Bertz CT molecular complexity index is 554. The zero-order valence-electron chi connectivity index (χ0n) is 14.1. The third-order valence-corrected chi connectivity index (χ3v) is 5.34. The summed E-state index contributed by atoms with van der Waals surface area (Å²) in [5.74, 6) is -0.0980. The van der Waals surface area contributed by atoms with Crippen LogP contribution in [0, 0.1) is 5.92 Å². The Hall–Kier alpha value is -1.11. The van der Waals surface area contributed by atoms with Gasteiger partial charge < -0.3 is 19.8 Å². The highest BCUT2D eigenvalue weighted by atomic mass is 79.9. The summed E-state index contributed by atoms with van der Waals surface area (Å²) in [5, 5.41) is 20.9. The lowest BCUT2D eigenvalue weighted by molar-refractivity contribution is -0.0585. The van der Waals surface area contributed by atoms with E-state index in [-0.39, 0.29) is 5.92 Å². The molecule has 1 aromatic rings. The number of halogens is 1. The first-order valence-corrected chi connectivity index (χ1v) is 9.22. The molecule has 5 nitrogen and oxygen atoms in total. The van der Waals surface area contributed by atoms with E-state index in [2.05, 4.69) is 15.9 Å². The van der Waals surface area contributed by atoms with E-state index < -0.39 is 11.7 Å². The molecule has 6 heteroatoms. The maximum atomic E-state index is 11.5. The van der Waals surface area contributed by atoms with E-state index in [9.17, 15) is 15.0 Å². The first kappa shape index (κ1) is 19.2. The number of carbonyl (C=O) groups is 1. The van der Waals surface area contributed by atoms with Crippen molar-refractivity contribution in [1.82, 2.24) is 4.90 Å². The van der Waals surface area contributed by atoms with Crippen LogP contribution in [0.4, 0.5) is 4.79 Å². The summed E-state index contributed by atoms with van der Waals surface area (Å²) in [6, 6.07) is 7.72. The van der Waals surface area contributed by atoms with Gasteiger partial charge in [0.2, 0.25) is 0 Å². The Morgan fingerprint density at radius 2 is 2.25 bits per heavy atom. The molecular formula is C18H26BrNO4. The number of amides is 1. The third-order valence-electron chi connectivity index (χ3n) is 4.85. The fraction of sp³-hybridized carbons (Fsp3) is 0.611. The summed E-state index contributed by atoms with van der Waals surface area (Å²) < 4.78 is 6.02. The predicted octanol–water partition coefficient (Wildman–Crippen LogP) is 3.84. The molecule has 24 heavy (non-hydrogen) atoms. The highest BCUT2D eigenvalue weighted by molar-refractivity contribution is 9.10. The van der Waals surface area contributed by atoms with Gasteiger partial charge in [0, 0.05) is 37.2 Å². The van der Waals surface area contributed by atoms with Crippen LogP contribution in [0.15, 0.2) is 28.7 Å². The number of hydrogen-bond acceptors (Lipinski definition) is 3. The molecule has 2 rings (SSSR count). The number of carboxylic acid groups (broad SMARTS) is 1. The zero-order valence-corrected chi connectivity index (χ0v) is 15.7. The summed E-state index contributed by atoms with van der Waals surface area (Å²) in [7, 11) is 1.67. The Kier molecular flexibility index (Phi) is 7.07. The van der Waals surface area contributed by atoms with Gasteiger partial charge in [0.1, 0.15) is 0 Å². The number of piperidine rings is 1. The van der Waals surface area contributed by atoms with Gasteiger partial charge in [0.05, 0.1) is 5.60 Å². The van der Waals surface area contributed by atoms with Crippen LogP contribution in [0.25, 0.3) is 0 Å². The number of likely N-dealkylation sites (tertiary alicyclic amines) is 1. The average molecular weight is 400 g/mol. The number of rotatable bonds is 7. The monoisotopic (exact) mass is 399 g/mol. The van der Waals surface area contributed by atoms with E-state index in [0.717, 1.165) is 35.7 Å². The van der Waals surface area contributed by atoms with Crippen LogP contribution < -0.4 is 0 Å². The Labute approximate surface area is 151 Å². The molecule has 0 aliphatic carbocycles. The average Bonchev–Trinajstić information content (AvgIpc) is 2.58. The zero-order chi connectivity index (χ0) is 17.6. The molecular weight excluding hydrogens is 374 g/mol. The largest absolute Gasteiger partial charge is 0.465 e. The first-order chi connectivity index (χ1) is 11.5. The molecule has 1 aliphatic heterocycles. The van der Waals surface area contributed by atoms with Crippen LogP contribution in [0.3, 0.4) is 0 Å². The second-order valence-electron chi connectivity index (χ2n) is 6.45. The Morgan fingerprint density at radius 1 is 1.46 bits per heavy atom. The van der Waals surface area contributed by atoms with Crippen molar-refractivity contribution in [2.24, 2.45) is 5.92 Å². The van der Waals surface area contributed by atoms with Crippen LogP contribution in [-0.4, -0.2) is 48.0 Å². The molecule has 0 spiro atoms. The quantitative estimate of drug-likeness (QED) is 0.683. The summed E-state index contributed by atoms with van der Waals surface area (Å²) in [4.78, 5) is 12.8. The minimum absolute atomic E-state index is 0.0980. The van der Waals surface area contributed by atoms with Crippen LogP contribution in [-0.2, 0) is 10.3 Å². The van der Waals surface area contributed by atoms with Crippen molar-refractivity contribution >= 4 is 22.0 Å². The number of benzene rings is 1. The van der Waals surface area contributed by atoms with Crippen molar-refractivity contribution < 1.29 is 19.7 Å². The first-order valence-electron chi connectivity index (χ1n) is 8.42.